The summed E-state index contributed by atoms with van der Waals surface area (Å²) in [5.74, 6) is 0. The highest BCUT2D eigenvalue weighted by atomic mass is 79.9. The summed E-state index contributed by atoms with van der Waals surface area (Å²) in [4.78, 5) is 0. The average Bonchev–Trinajstić information content (AvgIpc) is 1.83. The van der Waals surface area contributed by atoms with Gasteiger partial charge in [-0.1, -0.05) is 22.0 Å². The Hall–Kier alpha value is -0.240. The second kappa shape index (κ2) is 4.91. The third kappa shape index (κ3) is 2.86. The molecule has 0 unspecified atom stereocenters. The molecule has 0 bridgehead atoms. The fourth-order valence-corrected chi connectivity index (χ4v) is 0.852. The first-order valence-corrected chi connectivity index (χ1v) is 3.56. The van der Waals surface area contributed by atoms with Gasteiger partial charge >= 0.3 is 0 Å². The van der Waals surface area contributed by atoms with Gasteiger partial charge in [0.05, 0.1) is 0 Å². The molecule has 0 saturated carbocycles. The zero-order chi connectivity index (χ0) is 6.41. The van der Waals surface area contributed by atoms with Gasteiger partial charge in [-0.3, -0.25) is 0 Å². The van der Waals surface area contributed by atoms with Crippen molar-refractivity contribution < 1.29 is 0 Å². The topological polar surface area (TPSA) is 26.0 Å². The quantitative estimate of drug-likeness (QED) is 0.503. The lowest BCUT2D eigenvalue weighted by Crippen LogP contribution is -1.81. The van der Waals surface area contributed by atoms with Crippen LogP contribution < -0.4 is 5.73 Å². The Morgan fingerprint density at radius 3 is 2.50 bits per heavy atom. The van der Waals surface area contributed by atoms with Crippen LogP contribution in [0.25, 0.3) is 0 Å². The largest absolute Gasteiger partial charge is 0.405 e. The predicted molar refractivity (Wildman–Crippen MR) is 40.9 cm³/mol. The third-order valence-corrected chi connectivity index (χ3v) is 1.48. The molecule has 0 atom stereocenters. The van der Waals surface area contributed by atoms with E-state index in [9.17, 15) is 0 Å². The fraction of sp³-hybridized carbons (Fsp3) is 0.333. The molecule has 0 rings (SSSR count). The minimum absolute atomic E-state index is 0.872. The highest BCUT2D eigenvalue weighted by molar-refractivity contribution is 9.09. The van der Waals surface area contributed by atoms with Crippen LogP contribution in [0.4, 0.5) is 0 Å². The van der Waals surface area contributed by atoms with E-state index in [1.165, 1.54) is 11.8 Å². The molecule has 1 nitrogen and oxygen atoms in total. The Kier molecular flexibility index (Phi) is 4.76. The normalized spacial score (nSPS) is 13.0. The summed E-state index contributed by atoms with van der Waals surface area (Å²) in [6, 6.07) is 0. The summed E-state index contributed by atoms with van der Waals surface area (Å²) in [5, 5.41) is 0.872. The molecule has 0 radical (unpaired) electrons. The second-order valence-electron chi connectivity index (χ2n) is 1.36. The predicted octanol–water partition coefficient (Wildman–Crippen LogP) is 1.80. The van der Waals surface area contributed by atoms with Gasteiger partial charge in [0, 0.05) is 5.33 Å². The first-order chi connectivity index (χ1) is 3.85. The standard InChI is InChI=1S/C6H10BrN/c1-2-6(5-7)3-4-8/h2-4H,5,8H2,1H3/b4-3-,6-2+. The highest BCUT2D eigenvalue weighted by Crippen LogP contribution is 1.99. The van der Waals surface area contributed by atoms with Crippen molar-refractivity contribution in [3.8, 4) is 0 Å². The summed E-state index contributed by atoms with van der Waals surface area (Å²) in [7, 11) is 0. The van der Waals surface area contributed by atoms with Crippen LogP contribution in [-0.2, 0) is 0 Å². The van der Waals surface area contributed by atoms with E-state index in [1.54, 1.807) is 0 Å². The lowest BCUT2D eigenvalue weighted by molar-refractivity contribution is 1.47. The maximum atomic E-state index is 5.14. The Morgan fingerprint density at radius 1 is 1.75 bits per heavy atom. The number of halogens is 1. The highest BCUT2D eigenvalue weighted by Gasteiger charge is 1.81. The van der Waals surface area contributed by atoms with Gasteiger partial charge in [-0.2, -0.15) is 0 Å². The van der Waals surface area contributed by atoms with E-state index in [4.69, 9.17) is 5.73 Å². The number of rotatable bonds is 2. The fourth-order valence-electron chi connectivity index (χ4n) is 0.342. The van der Waals surface area contributed by atoms with Crippen LogP contribution >= 0.6 is 15.9 Å². The molecule has 0 heterocycles. The van der Waals surface area contributed by atoms with E-state index >= 15 is 0 Å². The molecular weight excluding hydrogens is 166 g/mol. The molecule has 0 aromatic heterocycles. The zero-order valence-electron chi connectivity index (χ0n) is 4.89. The molecule has 0 saturated heterocycles. The molecule has 0 fully saturated rings. The number of nitrogens with two attached hydrogens (primary N) is 1. The van der Waals surface area contributed by atoms with Crippen molar-refractivity contribution in [2.45, 2.75) is 6.92 Å². The maximum absolute atomic E-state index is 5.14. The van der Waals surface area contributed by atoms with Crippen LogP contribution in [0, 0.1) is 0 Å². The molecule has 0 aliphatic carbocycles. The molecule has 46 valence electrons. The molecule has 0 aromatic rings. The number of hydrogen-bond acceptors (Lipinski definition) is 1. The van der Waals surface area contributed by atoms with E-state index < -0.39 is 0 Å². The molecule has 0 aromatic carbocycles. The number of alkyl halides is 1. The summed E-state index contributed by atoms with van der Waals surface area (Å²) in [5.41, 5.74) is 6.34. The van der Waals surface area contributed by atoms with Gasteiger partial charge in [-0.15, -0.1) is 0 Å². The Balaban J connectivity index is 3.72. The van der Waals surface area contributed by atoms with Crippen LogP contribution in [0.15, 0.2) is 23.9 Å². The minimum Gasteiger partial charge on any atom is -0.405 e. The van der Waals surface area contributed by atoms with Crippen molar-refractivity contribution in [2.75, 3.05) is 5.33 Å². The molecule has 0 spiro atoms. The zero-order valence-corrected chi connectivity index (χ0v) is 6.48. The van der Waals surface area contributed by atoms with Crippen LogP contribution in [0.1, 0.15) is 6.92 Å². The number of hydrogen-bond donors (Lipinski definition) is 1. The summed E-state index contributed by atoms with van der Waals surface area (Å²) >= 11 is 3.30. The van der Waals surface area contributed by atoms with Gasteiger partial charge < -0.3 is 5.73 Å². The molecule has 2 N–H and O–H groups in total. The molecular formula is C6H10BrN. The third-order valence-electron chi connectivity index (χ3n) is 0.835. The SMILES string of the molecule is C/C=C(\C=C/N)CBr. The molecule has 0 amide bonds. The minimum atomic E-state index is 0.872. The van der Waals surface area contributed by atoms with E-state index in [0.29, 0.717) is 0 Å². The Labute approximate surface area is 58.4 Å². The molecule has 0 aliphatic rings. The Bertz CT molecular complexity index is 102. The molecule has 8 heavy (non-hydrogen) atoms. The molecule has 2 heteroatoms. The van der Waals surface area contributed by atoms with Crippen molar-refractivity contribution in [2.24, 2.45) is 5.73 Å². The van der Waals surface area contributed by atoms with E-state index in [2.05, 4.69) is 15.9 Å². The van der Waals surface area contributed by atoms with Gasteiger partial charge in [0.2, 0.25) is 0 Å². The smallest absolute Gasteiger partial charge is 0.0280 e. The van der Waals surface area contributed by atoms with Crippen LogP contribution in [0.5, 0.6) is 0 Å². The first-order valence-electron chi connectivity index (χ1n) is 2.44. The van der Waals surface area contributed by atoms with Crippen molar-refractivity contribution in [3.63, 3.8) is 0 Å². The van der Waals surface area contributed by atoms with Crippen LogP contribution in [-0.4, -0.2) is 5.33 Å². The maximum Gasteiger partial charge on any atom is 0.0280 e. The Morgan fingerprint density at radius 2 is 2.38 bits per heavy atom. The lowest BCUT2D eigenvalue weighted by Gasteiger charge is -1.88. The average molecular weight is 176 g/mol. The van der Waals surface area contributed by atoms with E-state index in [1.807, 2.05) is 19.1 Å². The van der Waals surface area contributed by atoms with Gasteiger partial charge in [0.25, 0.3) is 0 Å². The number of allylic oxidation sites excluding steroid dienone is 3. The van der Waals surface area contributed by atoms with Crippen LogP contribution in [0.2, 0.25) is 0 Å². The summed E-state index contributed by atoms with van der Waals surface area (Å²) < 4.78 is 0. The van der Waals surface area contributed by atoms with Gasteiger partial charge in [0.1, 0.15) is 0 Å². The van der Waals surface area contributed by atoms with Gasteiger partial charge in [0.15, 0.2) is 0 Å². The second-order valence-corrected chi connectivity index (χ2v) is 1.92. The van der Waals surface area contributed by atoms with Gasteiger partial charge in [-0.05, 0) is 24.8 Å². The first kappa shape index (κ1) is 7.76. The van der Waals surface area contributed by atoms with E-state index in [0.717, 1.165) is 5.33 Å². The van der Waals surface area contributed by atoms with Crippen molar-refractivity contribution >= 4 is 15.9 Å². The lowest BCUT2D eigenvalue weighted by atomic mass is 10.3. The summed E-state index contributed by atoms with van der Waals surface area (Å²) in [6.45, 7) is 1.98. The van der Waals surface area contributed by atoms with Gasteiger partial charge in [-0.25, -0.2) is 0 Å². The monoisotopic (exact) mass is 175 g/mol. The van der Waals surface area contributed by atoms with Crippen molar-refractivity contribution in [3.05, 3.63) is 23.9 Å². The molecule has 0 aliphatic heterocycles. The van der Waals surface area contributed by atoms with Crippen molar-refractivity contribution in [1.29, 1.82) is 0 Å². The van der Waals surface area contributed by atoms with Crippen molar-refractivity contribution in [1.82, 2.24) is 0 Å². The summed E-state index contributed by atoms with van der Waals surface area (Å²) in [6.07, 6.45) is 5.42. The van der Waals surface area contributed by atoms with E-state index in [-0.39, 0.29) is 0 Å². The van der Waals surface area contributed by atoms with Crippen LogP contribution in [0.3, 0.4) is 0 Å².